The lowest BCUT2D eigenvalue weighted by Gasteiger charge is -2.42. The van der Waals surface area contributed by atoms with Gasteiger partial charge in [-0.05, 0) is 27.7 Å². The van der Waals surface area contributed by atoms with Crippen LogP contribution < -0.4 is 0 Å². The molecule has 2 nitrogen and oxygen atoms in total. The maximum atomic E-state index is 2.39. The lowest BCUT2D eigenvalue weighted by molar-refractivity contribution is -1.03. The number of nitrogens with zero attached hydrogens (tertiary/aromatic N) is 2. The molecule has 0 unspecified atom stereocenters. The van der Waals surface area contributed by atoms with Gasteiger partial charge in [-0.3, -0.25) is 8.97 Å². The molecular formula is C11H26N2+2. The van der Waals surface area contributed by atoms with Crippen molar-refractivity contribution < 1.29 is 8.97 Å². The van der Waals surface area contributed by atoms with Crippen molar-refractivity contribution in [2.24, 2.45) is 0 Å². The molecule has 0 aromatic rings. The summed E-state index contributed by atoms with van der Waals surface area (Å²) < 4.78 is 2.21. The molecule has 0 N–H and O–H groups in total. The first kappa shape index (κ1) is 11.0. The molecule has 1 saturated heterocycles. The van der Waals surface area contributed by atoms with E-state index in [1.165, 1.54) is 6.67 Å². The Kier molecular flexibility index (Phi) is 1.94. The van der Waals surface area contributed by atoms with Crippen LogP contribution in [0.25, 0.3) is 0 Å². The molecule has 2 heteroatoms. The van der Waals surface area contributed by atoms with E-state index in [1.807, 2.05) is 0 Å². The summed E-state index contributed by atoms with van der Waals surface area (Å²) >= 11 is 0. The van der Waals surface area contributed by atoms with Gasteiger partial charge in [-0.25, -0.2) is 0 Å². The molecule has 0 bridgehead atoms. The molecule has 0 amide bonds. The topological polar surface area (TPSA) is 0 Å². The molecule has 78 valence electrons. The Labute approximate surface area is 83.3 Å². The first-order valence-corrected chi connectivity index (χ1v) is 5.12. The fourth-order valence-corrected chi connectivity index (χ4v) is 2.72. The number of hydrogen-bond donors (Lipinski definition) is 0. The SMILES string of the molecule is CC1(C)C(C)(C)[N+](C)(C)C[N+]1(C)C. The first-order valence-electron chi connectivity index (χ1n) is 5.12. The maximum Gasteiger partial charge on any atom is 0.207 e. The second-order valence-electron chi connectivity index (χ2n) is 6.63. The van der Waals surface area contributed by atoms with Crippen molar-refractivity contribution in [1.29, 1.82) is 0 Å². The quantitative estimate of drug-likeness (QED) is 0.505. The van der Waals surface area contributed by atoms with E-state index in [4.69, 9.17) is 0 Å². The van der Waals surface area contributed by atoms with Crippen LogP contribution in [0.1, 0.15) is 27.7 Å². The predicted molar refractivity (Wildman–Crippen MR) is 57.2 cm³/mol. The average molecular weight is 186 g/mol. The van der Waals surface area contributed by atoms with E-state index in [1.54, 1.807) is 0 Å². The van der Waals surface area contributed by atoms with Gasteiger partial charge in [0.1, 0.15) is 0 Å². The Bertz CT molecular complexity index is 200. The van der Waals surface area contributed by atoms with Crippen molar-refractivity contribution >= 4 is 0 Å². The largest absolute Gasteiger partial charge is 0.272 e. The lowest BCUT2D eigenvalue weighted by Crippen LogP contribution is -2.62. The van der Waals surface area contributed by atoms with E-state index in [2.05, 4.69) is 55.9 Å². The number of hydrogen-bond acceptors (Lipinski definition) is 0. The predicted octanol–water partition coefficient (Wildman–Crippen LogP) is 1.67. The zero-order chi connectivity index (χ0) is 10.7. The highest BCUT2D eigenvalue weighted by atomic mass is 15.6. The summed E-state index contributed by atoms with van der Waals surface area (Å²) in [6, 6.07) is 0. The molecule has 1 aliphatic rings. The fourth-order valence-electron chi connectivity index (χ4n) is 2.72. The first-order chi connectivity index (χ1) is 5.46. The van der Waals surface area contributed by atoms with Gasteiger partial charge in [-0.15, -0.1) is 0 Å². The van der Waals surface area contributed by atoms with Crippen LogP contribution in [0.15, 0.2) is 0 Å². The lowest BCUT2D eigenvalue weighted by atomic mass is 9.80. The Morgan fingerprint density at radius 2 is 0.923 bits per heavy atom. The van der Waals surface area contributed by atoms with Crippen molar-refractivity contribution in [3.05, 3.63) is 0 Å². The molecule has 0 saturated carbocycles. The number of quaternary nitrogens is 2. The summed E-state index contributed by atoms with van der Waals surface area (Å²) in [7, 11) is 9.37. The third-order valence-corrected chi connectivity index (χ3v) is 5.23. The van der Waals surface area contributed by atoms with E-state index in [9.17, 15) is 0 Å². The average Bonchev–Trinajstić information content (AvgIpc) is 1.88. The van der Waals surface area contributed by atoms with Crippen LogP contribution in [0.4, 0.5) is 0 Å². The molecule has 0 aliphatic carbocycles. The minimum Gasteiger partial charge on any atom is -0.272 e. The van der Waals surface area contributed by atoms with Crippen molar-refractivity contribution in [3.8, 4) is 0 Å². The number of rotatable bonds is 0. The summed E-state index contributed by atoms with van der Waals surface area (Å²) in [5.74, 6) is 0. The fraction of sp³-hybridized carbons (Fsp3) is 1.00. The minimum atomic E-state index is 0.330. The molecule has 1 rings (SSSR count). The molecule has 1 fully saturated rings. The Hall–Kier alpha value is -0.0800. The van der Waals surface area contributed by atoms with E-state index in [0.29, 0.717) is 11.1 Å². The van der Waals surface area contributed by atoms with Crippen LogP contribution in [0, 0.1) is 0 Å². The van der Waals surface area contributed by atoms with Crippen molar-refractivity contribution in [2.75, 3.05) is 34.9 Å². The second-order valence-corrected chi connectivity index (χ2v) is 6.63. The summed E-state index contributed by atoms with van der Waals surface area (Å²) in [5.41, 5.74) is 0.660. The van der Waals surface area contributed by atoms with Crippen LogP contribution in [-0.2, 0) is 0 Å². The maximum absolute atomic E-state index is 2.39. The molecule has 1 heterocycles. The third kappa shape index (κ3) is 1.08. The van der Waals surface area contributed by atoms with E-state index >= 15 is 0 Å². The second kappa shape index (κ2) is 2.29. The van der Waals surface area contributed by atoms with Crippen molar-refractivity contribution in [3.63, 3.8) is 0 Å². The Balaban J connectivity index is 3.24. The smallest absolute Gasteiger partial charge is 0.207 e. The van der Waals surface area contributed by atoms with Crippen molar-refractivity contribution in [2.45, 2.75) is 38.8 Å². The molecule has 0 aromatic carbocycles. The summed E-state index contributed by atoms with van der Waals surface area (Å²) in [4.78, 5) is 0. The highest BCUT2D eigenvalue weighted by Gasteiger charge is 2.66. The summed E-state index contributed by atoms with van der Waals surface area (Å²) in [6.07, 6.45) is 0. The summed E-state index contributed by atoms with van der Waals surface area (Å²) in [6.45, 7) is 10.8. The molecule has 13 heavy (non-hydrogen) atoms. The molecule has 0 spiro atoms. The normalized spacial score (nSPS) is 33.2. The highest BCUT2D eigenvalue weighted by Crippen LogP contribution is 2.45. The molecule has 0 radical (unpaired) electrons. The van der Waals surface area contributed by atoms with Gasteiger partial charge in [-0.2, -0.15) is 0 Å². The molecule has 0 atom stereocenters. The summed E-state index contributed by atoms with van der Waals surface area (Å²) in [5, 5.41) is 0. The van der Waals surface area contributed by atoms with Crippen LogP contribution in [-0.4, -0.2) is 54.9 Å². The van der Waals surface area contributed by atoms with Crippen LogP contribution in [0.2, 0.25) is 0 Å². The molecule has 1 aliphatic heterocycles. The Morgan fingerprint density at radius 1 is 0.692 bits per heavy atom. The third-order valence-electron chi connectivity index (χ3n) is 5.23. The van der Waals surface area contributed by atoms with Gasteiger partial charge in [0.05, 0.1) is 28.2 Å². The molecule has 0 aromatic heterocycles. The minimum absolute atomic E-state index is 0.330. The highest BCUT2D eigenvalue weighted by molar-refractivity contribution is 4.92. The van der Waals surface area contributed by atoms with E-state index < -0.39 is 0 Å². The zero-order valence-electron chi connectivity index (χ0n) is 10.6. The van der Waals surface area contributed by atoms with Gasteiger partial charge in [0.25, 0.3) is 0 Å². The zero-order valence-corrected chi connectivity index (χ0v) is 10.6. The van der Waals surface area contributed by atoms with Gasteiger partial charge in [0.2, 0.25) is 6.67 Å². The molecular weight excluding hydrogens is 160 g/mol. The van der Waals surface area contributed by atoms with Gasteiger partial charge < -0.3 is 0 Å². The van der Waals surface area contributed by atoms with E-state index in [-0.39, 0.29) is 0 Å². The van der Waals surface area contributed by atoms with Crippen LogP contribution >= 0.6 is 0 Å². The van der Waals surface area contributed by atoms with Gasteiger partial charge in [-0.1, -0.05) is 0 Å². The standard InChI is InChI=1S/C11H26N2/c1-10(2)11(3,4)13(7,8)9-12(10,5)6/h9H2,1-8H3/q+2. The van der Waals surface area contributed by atoms with Gasteiger partial charge >= 0.3 is 0 Å². The Morgan fingerprint density at radius 3 is 1.00 bits per heavy atom. The van der Waals surface area contributed by atoms with Crippen LogP contribution in [0.3, 0.4) is 0 Å². The van der Waals surface area contributed by atoms with Gasteiger partial charge in [0.15, 0.2) is 11.1 Å². The van der Waals surface area contributed by atoms with Crippen LogP contribution in [0.5, 0.6) is 0 Å². The monoisotopic (exact) mass is 186 g/mol. The van der Waals surface area contributed by atoms with Gasteiger partial charge in [0, 0.05) is 0 Å². The number of likely N-dealkylation sites (N-methyl/N-ethyl adjacent to an activating group) is 2. The van der Waals surface area contributed by atoms with Crippen molar-refractivity contribution in [1.82, 2.24) is 0 Å². The van der Waals surface area contributed by atoms with E-state index in [0.717, 1.165) is 8.97 Å².